The van der Waals surface area contributed by atoms with Gasteiger partial charge < -0.3 is 18.4 Å². The van der Waals surface area contributed by atoms with Crippen LogP contribution in [0.2, 0.25) is 0 Å². The van der Waals surface area contributed by atoms with Gasteiger partial charge in [0.05, 0.1) is 27.2 Å². The van der Waals surface area contributed by atoms with Crippen LogP contribution >= 0.6 is 7.82 Å². The Morgan fingerprint density at radius 1 is 1.05 bits per heavy atom. The van der Waals surface area contributed by atoms with E-state index in [0.717, 1.165) is 54.8 Å². The molecule has 0 bridgehead atoms. The number of hydrogen-bond acceptors (Lipinski definition) is 4. The highest BCUT2D eigenvalue weighted by Gasteiger charge is 2.59. The summed E-state index contributed by atoms with van der Waals surface area (Å²) < 4.78 is 24.1. The summed E-state index contributed by atoms with van der Waals surface area (Å²) in [6.07, 6.45) is 15.6. The lowest BCUT2D eigenvalue weighted by Crippen LogP contribution is -2.51. The van der Waals surface area contributed by atoms with Gasteiger partial charge in [-0.1, -0.05) is 65.5 Å². The average molecular weight is 552 g/mol. The van der Waals surface area contributed by atoms with Crippen molar-refractivity contribution in [3.05, 3.63) is 11.6 Å². The Hall–Kier alpha value is -0.190. The normalized spacial score (nSPS) is 39.6. The molecule has 0 N–H and O–H groups in total. The fourth-order valence-corrected chi connectivity index (χ4v) is 10.3. The molecule has 0 radical (unpaired) electrons. The summed E-state index contributed by atoms with van der Waals surface area (Å²) in [5, 5.41) is 0. The van der Waals surface area contributed by atoms with E-state index in [1.165, 1.54) is 56.9 Å². The number of fused-ring (bicyclic) bond motifs is 5. The van der Waals surface area contributed by atoms with Crippen LogP contribution in [0.5, 0.6) is 0 Å². The van der Waals surface area contributed by atoms with Crippen LogP contribution in [-0.4, -0.2) is 44.9 Å². The first-order chi connectivity index (χ1) is 17.6. The first kappa shape index (κ1) is 30.8. The van der Waals surface area contributed by atoms with Crippen molar-refractivity contribution in [2.75, 3.05) is 34.3 Å². The van der Waals surface area contributed by atoms with Crippen LogP contribution in [-0.2, 0) is 13.6 Å². The molecule has 0 aromatic rings. The number of rotatable bonds is 11. The standard InChI is InChI=1S/C32H58NO4P/c1-23(2)10-9-11-24(3)28-14-15-29-27-13-12-25-22-26(37-38(34,35)36-21-20-33(6,7)8)16-18-31(25,4)30(27)17-19-32(28,29)5/h12,23-24,26-30H,9-11,13-22H2,1-8H3. The minimum Gasteiger partial charge on any atom is -0.756 e. The van der Waals surface area contributed by atoms with Crippen molar-refractivity contribution in [1.29, 1.82) is 0 Å². The van der Waals surface area contributed by atoms with Gasteiger partial charge in [0.1, 0.15) is 13.2 Å². The predicted molar refractivity (Wildman–Crippen MR) is 154 cm³/mol. The second-order valence-electron chi connectivity index (χ2n) is 15.6. The molecule has 0 aromatic carbocycles. The summed E-state index contributed by atoms with van der Waals surface area (Å²) in [7, 11) is 1.79. The van der Waals surface area contributed by atoms with Gasteiger partial charge in [-0.3, -0.25) is 4.57 Å². The Balaban J connectivity index is 1.38. The molecule has 0 saturated heterocycles. The Kier molecular flexibility index (Phi) is 9.38. The summed E-state index contributed by atoms with van der Waals surface area (Å²) in [5.41, 5.74) is 2.16. The molecule has 220 valence electrons. The highest BCUT2D eigenvalue weighted by atomic mass is 31.2. The van der Waals surface area contributed by atoms with Gasteiger partial charge in [-0.2, -0.15) is 0 Å². The molecule has 3 fully saturated rings. The molecule has 38 heavy (non-hydrogen) atoms. The van der Waals surface area contributed by atoms with Crippen molar-refractivity contribution in [3.8, 4) is 0 Å². The third-order valence-electron chi connectivity index (χ3n) is 11.5. The van der Waals surface area contributed by atoms with Crippen molar-refractivity contribution >= 4 is 7.82 Å². The molecule has 0 aromatic heterocycles. The second-order valence-corrected chi connectivity index (χ2v) is 16.9. The smallest absolute Gasteiger partial charge is 0.268 e. The van der Waals surface area contributed by atoms with E-state index in [9.17, 15) is 9.46 Å². The summed E-state index contributed by atoms with van der Waals surface area (Å²) in [6, 6.07) is 0. The van der Waals surface area contributed by atoms with E-state index < -0.39 is 7.82 Å². The molecule has 4 rings (SSSR count). The van der Waals surface area contributed by atoms with Crippen molar-refractivity contribution < 1.29 is 23.0 Å². The molecule has 0 heterocycles. The molecule has 4 aliphatic carbocycles. The lowest BCUT2D eigenvalue weighted by molar-refractivity contribution is -0.870. The van der Waals surface area contributed by atoms with E-state index in [1.54, 1.807) is 0 Å². The molecule has 0 aliphatic heterocycles. The fourth-order valence-electron chi connectivity index (χ4n) is 9.38. The van der Waals surface area contributed by atoms with Crippen LogP contribution in [0, 0.1) is 46.3 Å². The number of phosphoric ester groups is 1. The zero-order valence-electron chi connectivity index (χ0n) is 25.8. The molecule has 9 unspecified atom stereocenters. The number of phosphoric acid groups is 1. The number of hydrogen-bond donors (Lipinski definition) is 0. The molecule has 3 saturated carbocycles. The van der Waals surface area contributed by atoms with E-state index >= 15 is 0 Å². The number of allylic oxidation sites excluding steroid dienone is 1. The van der Waals surface area contributed by atoms with Crippen LogP contribution in [0.3, 0.4) is 0 Å². The van der Waals surface area contributed by atoms with Crippen molar-refractivity contribution in [2.45, 2.75) is 111 Å². The van der Waals surface area contributed by atoms with E-state index in [2.05, 4.69) is 40.7 Å². The Morgan fingerprint density at radius 3 is 2.47 bits per heavy atom. The van der Waals surface area contributed by atoms with E-state index in [0.29, 0.717) is 16.4 Å². The number of quaternary nitrogens is 1. The molecule has 4 aliphatic rings. The fraction of sp³-hybridized carbons (Fsp3) is 0.938. The van der Waals surface area contributed by atoms with E-state index in [4.69, 9.17) is 9.05 Å². The van der Waals surface area contributed by atoms with Gasteiger partial charge in [0, 0.05) is 0 Å². The molecule has 9 atom stereocenters. The van der Waals surface area contributed by atoms with Gasteiger partial charge in [-0.05, 0) is 97.7 Å². The molecule has 6 heteroatoms. The monoisotopic (exact) mass is 551 g/mol. The lowest BCUT2D eigenvalue weighted by atomic mass is 9.47. The SMILES string of the molecule is CC(C)CCCC(C)C1CCC2C3CC=C4CC(OP(=O)([O-])OCC[N+](C)(C)C)CCC4(C)C3CCC12C. The summed E-state index contributed by atoms with van der Waals surface area (Å²) in [4.78, 5) is 12.6. The van der Waals surface area contributed by atoms with E-state index in [-0.39, 0.29) is 18.1 Å². The predicted octanol–water partition coefficient (Wildman–Crippen LogP) is 7.60. The highest BCUT2D eigenvalue weighted by Crippen LogP contribution is 2.67. The van der Waals surface area contributed by atoms with Crippen LogP contribution < -0.4 is 4.89 Å². The van der Waals surface area contributed by atoms with Crippen molar-refractivity contribution in [2.24, 2.45) is 46.3 Å². The number of nitrogens with zero attached hydrogens (tertiary/aromatic N) is 1. The molecule has 0 amide bonds. The Morgan fingerprint density at radius 2 is 1.79 bits per heavy atom. The second kappa shape index (κ2) is 11.6. The molecule has 5 nitrogen and oxygen atoms in total. The van der Waals surface area contributed by atoms with Gasteiger partial charge in [-0.25, -0.2) is 0 Å². The van der Waals surface area contributed by atoms with Gasteiger partial charge in [0.25, 0.3) is 7.82 Å². The summed E-state index contributed by atoms with van der Waals surface area (Å²) in [5.74, 6) is 4.90. The highest BCUT2D eigenvalue weighted by molar-refractivity contribution is 7.45. The maximum absolute atomic E-state index is 12.6. The summed E-state index contributed by atoms with van der Waals surface area (Å²) >= 11 is 0. The quantitative estimate of drug-likeness (QED) is 0.151. The van der Waals surface area contributed by atoms with Gasteiger partial charge in [0.2, 0.25) is 0 Å². The van der Waals surface area contributed by atoms with Gasteiger partial charge >= 0.3 is 0 Å². The minimum atomic E-state index is -4.29. The first-order valence-corrected chi connectivity index (χ1v) is 17.2. The zero-order valence-corrected chi connectivity index (χ0v) is 26.7. The Labute approximate surface area is 234 Å². The van der Waals surface area contributed by atoms with E-state index in [1.807, 2.05) is 21.1 Å². The third-order valence-corrected chi connectivity index (χ3v) is 12.6. The molecule has 0 spiro atoms. The van der Waals surface area contributed by atoms with Crippen LogP contribution in [0.15, 0.2) is 11.6 Å². The van der Waals surface area contributed by atoms with Gasteiger partial charge in [0.15, 0.2) is 0 Å². The topological polar surface area (TPSA) is 58.6 Å². The van der Waals surface area contributed by atoms with Gasteiger partial charge in [-0.15, -0.1) is 0 Å². The molecular weight excluding hydrogens is 493 g/mol. The van der Waals surface area contributed by atoms with Crippen LogP contribution in [0.4, 0.5) is 0 Å². The largest absolute Gasteiger partial charge is 0.756 e. The average Bonchev–Trinajstić information content (AvgIpc) is 3.15. The van der Waals surface area contributed by atoms with Crippen LogP contribution in [0.1, 0.15) is 105 Å². The number of likely N-dealkylation sites (N-methyl/N-ethyl adjacent to an activating group) is 1. The van der Waals surface area contributed by atoms with Crippen molar-refractivity contribution in [3.63, 3.8) is 0 Å². The molecular formula is C32H58NO4P. The zero-order chi connectivity index (χ0) is 27.9. The minimum absolute atomic E-state index is 0.165. The van der Waals surface area contributed by atoms with Crippen LogP contribution in [0.25, 0.3) is 0 Å². The Bertz CT molecular complexity index is 896. The third kappa shape index (κ3) is 6.64. The maximum Gasteiger partial charge on any atom is 0.268 e. The maximum atomic E-state index is 12.6. The summed E-state index contributed by atoms with van der Waals surface area (Å²) in [6.45, 7) is 13.2. The lowest BCUT2D eigenvalue weighted by Gasteiger charge is -2.58. The van der Waals surface area contributed by atoms with Crippen molar-refractivity contribution in [1.82, 2.24) is 0 Å². The first-order valence-electron chi connectivity index (χ1n) is 15.8.